The monoisotopic (exact) mass is 377 g/mol. The SMILES string of the molecule is C=CCNC(=O)[C@H](C)OC(=O)CCc1c(C)nc2nc(SC)nn2c1C. The van der Waals surface area contributed by atoms with E-state index in [4.69, 9.17) is 4.74 Å². The minimum absolute atomic E-state index is 0.151. The zero-order chi connectivity index (χ0) is 19.3. The molecule has 0 aromatic carbocycles. The summed E-state index contributed by atoms with van der Waals surface area (Å²) in [6.45, 7) is 9.20. The molecule has 140 valence electrons. The van der Waals surface area contributed by atoms with E-state index in [2.05, 4.69) is 27.0 Å². The molecule has 0 aliphatic rings. The highest BCUT2D eigenvalue weighted by Crippen LogP contribution is 2.18. The van der Waals surface area contributed by atoms with Crippen LogP contribution in [0.4, 0.5) is 0 Å². The van der Waals surface area contributed by atoms with Gasteiger partial charge in [0.05, 0.1) is 0 Å². The number of thioether (sulfide) groups is 1. The van der Waals surface area contributed by atoms with Crippen LogP contribution in [0.15, 0.2) is 17.8 Å². The molecule has 1 amide bonds. The van der Waals surface area contributed by atoms with Gasteiger partial charge in [0.25, 0.3) is 11.7 Å². The molecular formula is C17H23N5O3S. The zero-order valence-electron chi connectivity index (χ0n) is 15.4. The molecule has 0 fully saturated rings. The molecule has 0 spiro atoms. The summed E-state index contributed by atoms with van der Waals surface area (Å²) in [5, 5.41) is 7.63. The average molecular weight is 377 g/mol. The fraction of sp³-hybridized carbons (Fsp3) is 0.471. The highest BCUT2D eigenvalue weighted by Gasteiger charge is 2.19. The van der Waals surface area contributed by atoms with Crippen molar-refractivity contribution in [1.82, 2.24) is 24.9 Å². The largest absolute Gasteiger partial charge is 0.453 e. The standard InChI is InChI=1S/C17H23N5O3S/c1-6-9-18-15(24)12(4)25-14(23)8-7-13-10(2)19-16-20-17(26-5)21-22(16)11(13)3/h6,12H,1,7-9H2,2-5H3,(H,18,24)/t12-/m0/s1. The first-order valence-electron chi connectivity index (χ1n) is 8.22. The van der Waals surface area contributed by atoms with E-state index in [9.17, 15) is 9.59 Å². The maximum atomic E-state index is 12.1. The Labute approximate surface area is 156 Å². The van der Waals surface area contributed by atoms with Gasteiger partial charge in [-0.05, 0) is 39.0 Å². The highest BCUT2D eigenvalue weighted by atomic mass is 32.2. The smallest absolute Gasteiger partial charge is 0.306 e. The summed E-state index contributed by atoms with van der Waals surface area (Å²) >= 11 is 1.45. The van der Waals surface area contributed by atoms with Gasteiger partial charge < -0.3 is 10.1 Å². The van der Waals surface area contributed by atoms with Crippen LogP contribution >= 0.6 is 11.8 Å². The van der Waals surface area contributed by atoms with Gasteiger partial charge in [-0.1, -0.05) is 17.8 Å². The van der Waals surface area contributed by atoms with Gasteiger partial charge in [0.15, 0.2) is 6.10 Å². The Morgan fingerprint density at radius 2 is 2.12 bits per heavy atom. The second-order valence-corrected chi connectivity index (χ2v) is 6.51. The molecule has 2 aromatic rings. The van der Waals surface area contributed by atoms with Crippen molar-refractivity contribution < 1.29 is 14.3 Å². The topological polar surface area (TPSA) is 98.5 Å². The summed E-state index contributed by atoms with van der Waals surface area (Å²) in [4.78, 5) is 32.6. The number of ether oxygens (including phenoxy) is 1. The van der Waals surface area contributed by atoms with Crippen molar-refractivity contribution in [3.05, 3.63) is 29.6 Å². The quantitative estimate of drug-likeness (QED) is 0.424. The van der Waals surface area contributed by atoms with Gasteiger partial charge in [-0.25, -0.2) is 9.50 Å². The number of aryl methyl sites for hydroxylation is 2. The Balaban J connectivity index is 2.03. The van der Waals surface area contributed by atoms with Crippen LogP contribution in [-0.2, 0) is 20.7 Å². The van der Waals surface area contributed by atoms with Gasteiger partial charge in [0.1, 0.15) is 0 Å². The minimum atomic E-state index is -0.843. The van der Waals surface area contributed by atoms with E-state index < -0.39 is 12.1 Å². The lowest BCUT2D eigenvalue weighted by Crippen LogP contribution is -2.35. The number of nitrogens with one attached hydrogen (secondary N) is 1. The lowest BCUT2D eigenvalue weighted by Gasteiger charge is -2.14. The molecule has 0 aliphatic carbocycles. The van der Waals surface area contributed by atoms with E-state index in [1.54, 1.807) is 17.5 Å². The number of hydrogen-bond acceptors (Lipinski definition) is 7. The fourth-order valence-electron chi connectivity index (χ4n) is 2.49. The highest BCUT2D eigenvalue weighted by molar-refractivity contribution is 7.98. The van der Waals surface area contributed by atoms with Crippen molar-refractivity contribution in [1.29, 1.82) is 0 Å². The molecule has 0 radical (unpaired) electrons. The van der Waals surface area contributed by atoms with Crippen molar-refractivity contribution in [3.63, 3.8) is 0 Å². The number of esters is 1. The first-order valence-corrected chi connectivity index (χ1v) is 9.44. The number of carbonyl (C=O) groups is 2. The van der Waals surface area contributed by atoms with E-state index in [1.165, 1.54) is 11.8 Å². The van der Waals surface area contributed by atoms with E-state index >= 15 is 0 Å². The zero-order valence-corrected chi connectivity index (χ0v) is 16.2. The molecule has 0 saturated heterocycles. The van der Waals surface area contributed by atoms with E-state index in [1.807, 2.05) is 20.1 Å². The molecule has 2 rings (SSSR count). The molecular weight excluding hydrogens is 354 g/mol. The van der Waals surface area contributed by atoms with Gasteiger partial charge >= 0.3 is 5.97 Å². The van der Waals surface area contributed by atoms with Gasteiger partial charge in [-0.2, -0.15) is 4.98 Å². The Morgan fingerprint density at radius 3 is 2.77 bits per heavy atom. The predicted octanol–water partition coefficient (Wildman–Crippen LogP) is 1.63. The van der Waals surface area contributed by atoms with Crippen LogP contribution < -0.4 is 5.32 Å². The Bertz CT molecular complexity index is 833. The molecule has 0 unspecified atom stereocenters. The van der Waals surface area contributed by atoms with Crippen molar-refractivity contribution in [2.75, 3.05) is 12.8 Å². The van der Waals surface area contributed by atoms with Crippen LogP contribution in [0.2, 0.25) is 0 Å². The number of amides is 1. The normalized spacial score (nSPS) is 12.0. The molecule has 0 saturated carbocycles. The van der Waals surface area contributed by atoms with Crippen LogP contribution in [0, 0.1) is 13.8 Å². The number of carbonyl (C=O) groups excluding carboxylic acids is 2. The first-order chi connectivity index (χ1) is 12.4. The van der Waals surface area contributed by atoms with Crippen molar-refractivity contribution in [2.24, 2.45) is 0 Å². The molecule has 0 bridgehead atoms. The number of fused-ring (bicyclic) bond motifs is 1. The molecule has 0 aliphatic heterocycles. The van der Waals surface area contributed by atoms with Gasteiger partial charge in [-0.15, -0.1) is 11.7 Å². The molecule has 26 heavy (non-hydrogen) atoms. The predicted molar refractivity (Wildman–Crippen MR) is 99.1 cm³/mol. The second kappa shape index (κ2) is 8.79. The van der Waals surface area contributed by atoms with Crippen molar-refractivity contribution >= 4 is 29.4 Å². The maximum absolute atomic E-state index is 12.1. The van der Waals surface area contributed by atoms with Gasteiger partial charge in [0, 0.05) is 24.4 Å². The van der Waals surface area contributed by atoms with Crippen molar-refractivity contribution in [3.8, 4) is 0 Å². The van der Waals surface area contributed by atoms with E-state index in [0.29, 0.717) is 23.9 Å². The van der Waals surface area contributed by atoms with Crippen LogP contribution in [0.5, 0.6) is 0 Å². The van der Waals surface area contributed by atoms with Crippen LogP contribution in [0.3, 0.4) is 0 Å². The third-order valence-corrected chi connectivity index (χ3v) is 4.43. The van der Waals surface area contributed by atoms with E-state index in [0.717, 1.165) is 17.0 Å². The van der Waals surface area contributed by atoms with Gasteiger partial charge in [-0.3, -0.25) is 9.59 Å². The summed E-state index contributed by atoms with van der Waals surface area (Å²) in [5.41, 5.74) is 2.63. The Morgan fingerprint density at radius 1 is 1.38 bits per heavy atom. The van der Waals surface area contributed by atoms with E-state index in [-0.39, 0.29) is 12.3 Å². The third kappa shape index (κ3) is 4.60. The minimum Gasteiger partial charge on any atom is -0.453 e. The maximum Gasteiger partial charge on any atom is 0.306 e. The lowest BCUT2D eigenvalue weighted by molar-refractivity contribution is -0.154. The number of aromatic nitrogens is 4. The summed E-state index contributed by atoms with van der Waals surface area (Å²) in [6, 6.07) is 0. The summed E-state index contributed by atoms with van der Waals surface area (Å²) in [7, 11) is 0. The lowest BCUT2D eigenvalue weighted by atomic mass is 10.1. The van der Waals surface area contributed by atoms with Gasteiger partial charge in [0.2, 0.25) is 5.16 Å². The molecule has 1 atom stereocenters. The fourth-order valence-corrected chi connectivity index (χ4v) is 2.83. The summed E-state index contributed by atoms with van der Waals surface area (Å²) < 4.78 is 6.86. The molecule has 1 N–H and O–H groups in total. The molecule has 9 heteroatoms. The third-order valence-electron chi connectivity index (χ3n) is 3.89. The summed E-state index contributed by atoms with van der Waals surface area (Å²) in [5.74, 6) is -0.238. The van der Waals surface area contributed by atoms with Crippen LogP contribution in [0.1, 0.15) is 30.3 Å². The van der Waals surface area contributed by atoms with Crippen LogP contribution in [-0.4, -0.2) is 50.4 Å². The number of rotatable bonds is 8. The Kier molecular flexibility index (Phi) is 6.73. The molecule has 8 nitrogen and oxygen atoms in total. The number of hydrogen-bond donors (Lipinski definition) is 1. The van der Waals surface area contributed by atoms with Crippen molar-refractivity contribution in [2.45, 2.75) is 44.9 Å². The Hall–Kier alpha value is -2.42. The molecule has 2 aromatic heterocycles. The molecule has 2 heterocycles. The average Bonchev–Trinajstić information content (AvgIpc) is 3.02. The number of nitrogens with zero attached hydrogens (tertiary/aromatic N) is 4. The van der Waals surface area contributed by atoms with Crippen LogP contribution in [0.25, 0.3) is 5.78 Å². The summed E-state index contributed by atoms with van der Waals surface area (Å²) in [6.07, 6.45) is 3.23. The first kappa shape index (κ1) is 19.9. The second-order valence-electron chi connectivity index (χ2n) is 5.74.